The predicted octanol–water partition coefficient (Wildman–Crippen LogP) is 4.03. The molecular formula is C12H17IO. The molecule has 0 amide bonds. The van der Waals surface area contributed by atoms with Gasteiger partial charge in [0, 0.05) is 0 Å². The third kappa shape index (κ3) is 3.48. The molecule has 0 aliphatic rings. The van der Waals surface area contributed by atoms with Crippen LogP contribution in [0.4, 0.5) is 0 Å². The lowest BCUT2D eigenvalue weighted by Crippen LogP contribution is -1.90. The minimum Gasteiger partial charge on any atom is -0.496 e. The second-order valence-corrected chi connectivity index (χ2v) is 4.59. The zero-order valence-electron chi connectivity index (χ0n) is 8.85. The van der Waals surface area contributed by atoms with E-state index in [0.29, 0.717) is 0 Å². The highest BCUT2D eigenvalue weighted by Crippen LogP contribution is 2.22. The Morgan fingerprint density at radius 3 is 2.64 bits per heavy atom. The molecule has 0 N–H and O–H groups in total. The zero-order chi connectivity index (χ0) is 10.4. The van der Waals surface area contributed by atoms with E-state index < -0.39 is 0 Å². The van der Waals surface area contributed by atoms with Crippen molar-refractivity contribution in [2.24, 2.45) is 0 Å². The van der Waals surface area contributed by atoms with E-state index in [1.54, 1.807) is 7.11 Å². The summed E-state index contributed by atoms with van der Waals surface area (Å²) < 4.78 is 6.43. The van der Waals surface area contributed by atoms with Crippen LogP contribution in [0, 0.1) is 3.57 Å². The maximum atomic E-state index is 5.22. The number of aryl methyl sites for hydroxylation is 1. The van der Waals surface area contributed by atoms with Crippen LogP contribution in [-0.4, -0.2) is 7.11 Å². The van der Waals surface area contributed by atoms with Crippen molar-refractivity contribution in [1.82, 2.24) is 0 Å². The van der Waals surface area contributed by atoms with Crippen LogP contribution in [0.1, 0.15) is 31.7 Å². The second-order valence-electron chi connectivity index (χ2n) is 3.43. The molecule has 0 aromatic heterocycles. The van der Waals surface area contributed by atoms with Crippen LogP contribution < -0.4 is 4.74 Å². The first kappa shape index (κ1) is 11.8. The fourth-order valence-corrected chi connectivity index (χ4v) is 2.24. The number of benzene rings is 1. The van der Waals surface area contributed by atoms with E-state index in [0.717, 1.165) is 5.75 Å². The molecule has 1 aromatic carbocycles. The van der Waals surface area contributed by atoms with Crippen molar-refractivity contribution in [2.75, 3.05) is 7.11 Å². The maximum Gasteiger partial charge on any atom is 0.132 e. The molecule has 0 radical (unpaired) electrons. The van der Waals surface area contributed by atoms with E-state index in [-0.39, 0.29) is 0 Å². The summed E-state index contributed by atoms with van der Waals surface area (Å²) in [6.45, 7) is 2.23. The molecule has 0 spiro atoms. The van der Waals surface area contributed by atoms with Gasteiger partial charge in [0.2, 0.25) is 0 Å². The summed E-state index contributed by atoms with van der Waals surface area (Å²) in [6, 6.07) is 6.44. The molecule has 0 heterocycles. The first-order valence-electron chi connectivity index (χ1n) is 5.10. The van der Waals surface area contributed by atoms with E-state index in [1.165, 1.54) is 34.8 Å². The average molecular weight is 304 g/mol. The standard InChI is InChI=1S/C12H17IO/c1-3-4-5-6-10-7-8-12(14-2)11(13)9-10/h7-9H,3-6H2,1-2H3. The summed E-state index contributed by atoms with van der Waals surface area (Å²) in [4.78, 5) is 0. The number of methoxy groups -OCH3 is 1. The molecule has 0 saturated heterocycles. The van der Waals surface area contributed by atoms with Crippen molar-refractivity contribution in [3.63, 3.8) is 0 Å². The summed E-state index contributed by atoms with van der Waals surface area (Å²) in [5, 5.41) is 0. The van der Waals surface area contributed by atoms with Gasteiger partial charge in [-0.3, -0.25) is 0 Å². The highest BCUT2D eigenvalue weighted by atomic mass is 127. The number of hydrogen-bond donors (Lipinski definition) is 0. The lowest BCUT2D eigenvalue weighted by atomic mass is 10.1. The van der Waals surface area contributed by atoms with Gasteiger partial charge in [-0.05, 0) is 53.1 Å². The Balaban J connectivity index is 2.57. The van der Waals surface area contributed by atoms with Crippen LogP contribution in [0.2, 0.25) is 0 Å². The Labute approximate surface area is 100.0 Å². The topological polar surface area (TPSA) is 9.23 Å². The van der Waals surface area contributed by atoms with Crippen LogP contribution >= 0.6 is 22.6 Å². The summed E-state index contributed by atoms with van der Waals surface area (Å²) in [5.41, 5.74) is 1.42. The smallest absolute Gasteiger partial charge is 0.132 e. The van der Waals surface area contributed by atoms with Crippen LogP contribution in [0.5, 0.6) is 5.75 Å². The van der Waals surface area contributed by atoms with Crippen LogP contribution in [-0.2, 0) is 6.42 Å². The molecule has 0 bridgehead atoms. The monoisotopic (exact) mass is 304 g/mol. The molecule has 1 nitrogen and oxygen atoms in total. The Morgan fingerprint density at radius 2 is 2.07 bits per heavy atom. The summed E-state index contributed by atoms with van der Waals surface area (Å²) in [6.07, 6.45) is 5.09. The van der Waals surface area contributed by atoms with E-state index in [2.05, 4.69) is 47.7 Å². The average Bonchev–Trinajstić information content (AvgIpc) is 2.18. The first-order chi connectivity index (χ1) is 6.77. The SMILES string of the molecule is CCCCCc1ccc(OC)c(I)c1. The third-order valence-electron chi connectivity index (χ3n) is 2.29. The molecule has 0 aliphatic carbocycles. The maximum absolute atomic E-state index is 5.22. The van der Waals surface area contributed by atoms with Crippen LogP contribution in [0.25, 0.3) is 0 Å². The highest BCUT2D eigenvalue weighted by molar-refractivity contribution is 14.1. The molecule has 0 fully saturated rings. The molecule has 78 valence electrons. The van der Waals surface area contributed by atoms with Gasteiger partial charge in [0.05, 0.1) is 10.7 Å². The fraction of sp³-hybridized carbons (Fsp3) is 0.500. The molecule has 14 heavy (non-hydrogen) atoms. The third-order valence-corrected chi connectivity index (χ3v) is 3.13. The van der Waals surface area contributed by atoms with E-state index in [4.69, 9.17) is 4.74 Å². The number of rotatable bonds is 5. The Bertz CT molecular complexity index is 284. The van der Waals surface area contributed by atoms with Crippen molar-refractivity contribution in [3.05, 3.63) is 27.3 Å². The summed E-state index contributed by atoms with van der Waals surface area (Å²) in [7, 11) is 1.72. The number of halogens is 1. The van der Waals surface area contributed by atoms with Gasteiger partial charge < -0.3 is 4.74 Å². The van der Waals surface area contributed by atoms with Gasteiger partial charge in [-0.1, -0.05) is 25.8 Å². The zero-order valence-corrected chi connectivity index (χ0v) is 11.0. The quantitative estimate of drug-likeness (QED) is 0.589. The van der Waals surface area contributed by atoms with Crippen molar-refractivity contribution < 1.29 is 4.74 Å². The largest absolute Gasteiger partial charge is 0.496 e. The Kier molecular flexibility index (Phi) is 5.30. The lowest BCUT2D eigenvalue weighted by molar-refractivity contribution is 0.411. The van der Waals surface area contributed by atoms with E-state index >= 15 is 0 Å². The van der Waals surface area contributed by atoms with Gasteiger partial charge in [0.25, 0.3) is 0 Å². The highest BCUT2D eigenvalue weighted by Gasteiger charge is 2.00. The second kappa shape index (κ2) is 6.27. The van der Waals surface area contributed by atoms with Crippen molar-refractivity contribution >= 4 is 22.6 Å². The van der Waals surface area contributed by atoms with Crippen molar-refractivity contribution in [3.8, 4) is 5.75 Å². The normalized spacial score (nSPS) is 10.2. The summed E-state index contributed by atoms with van der Waals surface area (Å²) >= 11 is 2.32. The van der Waals surface area contributed by atoms with Crippen molar-refractivity contribution in [1.29, 1.82) is 0 Å². The molecular weight excluding hydrogens is 287 g/mol. The van der Waals surface area contributed by atoms with Crippen LogP contribution in [0.15, 0.2) is 18.2 Å². The molecule has 0 atom stereocenters. The predicted molar refractivity (Wildman–Crippen MR) is 68.9 cm³/mol. The van der Waals surface area contributed by atoms with E-state index in [1.807, 2.05) is 0 Å². The van der Waals surface area contributed by atoms with E-state index in [9.17, 15) is 0 Å². The molecule has 2 heteroatoms. The molecule has 0 saturated carbocycles. The number of unbranched alkanes of at least 4 members (excludes halogenated alkanes) is 2. The molecule has 0 aliphatic heterocycles. The molecule has 1 rings (SSSR count). The Hall–Kier alpha value is -0.250. The van der Waals surface area contributed by atoms with Gasteiger partial charge in [-0.15, -0.1) is 0 Å². The Morgan fingerprint density at radius 1 is 1.29 bits per heavy atom. The van der Waals surface area contributed by atoms with Gasteiger partial charge in [0.1, 0.15) is 5.75 Å². The first-order valence-corrected chi connectivity index (χ1v) is 6.18. The van der Waals surface area contributed by atoms with Gasteiger partial charge >= 0.3 is 0 Å². The van der Waals surface area contributed by atoms with Gasteiger partial charge in [0.15, 0.2) is 0 Å². The van der Waals surface area contributed by atoms with Gasteiger partial charge in [-0.2, -0.15) is 0 Å². The fourth-order valence-electron chi connectivity index (χ4n) is 1.44. The van der Waals surface area contributed by atoms with Crippen LogP contribution in [0.3, 0.4) is 0 Å². The van der Waals surface area contributed by atoms with Crippen molar-refractivity contribution in [2.45, 2.75) is 32.6 Å². The lowest BCUT2D eigenvalue weighted by Gasteiger charge is -2.05. The number of ether oxygens (including phenoxy) is 1. The minimum absolute atomic E-state index is 0.977. The van der Waals surface area contributed by atoms with Gasteiger partial charge in [-0.25, -0.2) is 0 Å². The molecule has 0 unspecified atom stereocenters. The molecule has 1 aromatic rings. The minimum atomic E-state index is 0.977. The summed E-state index contributed by atoms with van der Waals surface area (Å²) in [5.74, 6) is 0.977. The number of hydrogen-bond acceptors (Lipinski definition) is 1.